The third-order valence-electron chi connectivity index (χ3n) is 3.37. The van der Waals surface area contributed by atoms with Gasteiger partial charge in [0.2, 0.25) is 0 Å². The number of hydrogen-bond donors (Lipinski definition) is 1. The molecule has 1 unspecified atom stereocenters. The summed E-state index contributed by atoms with van der Waals surface area (Å²) in [6, 6.07) is -0.792. The van der Waals surface area contributed by atoms with E-state index in [9.17, 15) is 9.59 Å². The van der Waals surface area contributed by atoms with Crippen LogP contribution in [0, 0.1) is 0 Å². The van der Waals surface area contributed by atoms with Crippen molar-refractivity contribution < 1.29 is 28.1 Å². The fourth-order valence-electron chi connectivity index (χ4n) is 2.19. The number of methoxy groups -OCH3 is 1. The highest BCUT2D eigenvalue weighted by molar-refractivity contribution is 7.47. The van der Waals surface area contributed by atoms with Gasteiger partial charge in [0, 0.05) is 6.16 Å². The fourth-order valence-corrected chi connectivity index (χ4v) is 3.57. The molecule has 7 nitrogen and oxygen atoms in total. The summed E-state index contributed by atoms with van der Waals surface area (Å²) in [5, 5.41) is 2.56. The van der Waals surface area contributed by atoms with E-state index in [1.54, 1.807) is 0 Å². The summed E-state index contributed by atoms with van der Waals surface area (Å²) in [7, 11) is 0.201. The molecule has 0 fully saturated rings. The lowest BCUT2D eigenvalue weighted by molar-refractivity contribution is -0.143. The highest BCUT2D eigenvalue weighted by atomic mass is 31.2. The van der Waals surface area contributed by atoms with Gasteiger partial charge in [0.1, 0.15) is 12.6 Å². The van der Waals surface area contributed by atoms with E-state index in [0.29, 0.717) is 25.8 Å². The third-order valence-corrected chi connectivity index (χ3v) is 5.08. The lowest BCUT2D eigenvalue weighted by Gasteiger charge is -2.20. The minimum absolute atomic E-state index is 0.181. The SMILES string of the molecule is CCOP(CCC(NC(=O)OCC1=CCCC=C1)C(=O)OC)OCC. The first kappa shape index (κ1) is 21.6. The molecule has 0 aromatic rings. The number of alkyl carbamates (subject to hydrolysis) is 1. The average molecular weight is 373 g/mol. The Bertz CT molecular complexity index is 474. The Hall–Kier alpha value is -1.43. The summed E-state index contributed by atoms with van der Waals surface area (Å²) in [6.07, 6.45) is 8.18. The fraction of sp³-hybridized carbons (Fsp3) is 0.647. The number of carbonyl (C=O) groups excluding carboxylic acids is 2. The van der Waals surface area contributed by atoms with Gasteiger partial charge in [0.15, 0.2) is 8.38 Å². The number of esters is 1. The van der Waals surface area contributed by atoms with E-state index >= 15 is 0 Å². The molecule has 0 aliphatic heterocycles. The number of ether oxygens (including phenoxy) is 2. The number of rotatable bonds is 11. The molecule has 142 valence electrons. The molecule has 1 rings (SSSR count). The van der Waals surface area contributed by atoms with Gasteiger partial charge in [0.05, 0.1) is 20.3 Å². The van der Waals surface area contributed by atoms with Crippen LogP contribution < -0.4 is 5.32 Å². The second-order valence-electron chi connectivity index (χ2n) is 5.24. The molecule has 0 saturated heterocycles. The number of allylic oxidation sites excluding steroid dienone is 2. The van der Waals surface area contributed by atoms with Gasteiger partial charge in [-0.2, -0.15) is 0 Å². The summed E-state index contributed by atoms with van der Waals surface area (Å²) >= 11 is 0. The standard InChI is InChI=1S/C17H28NO6P/c1-4-23-25(24-5-2)12-11-15(16(19)21-3)18-17(20)22-13-14-9-7-6-8-10-14/h7,9-10,15H,4-6,8,11-13H2,1-3H3,(H,18,20). The molecule has 0 radical (unpaired) electrons. The van der Waals surface area contributed by atoms with Gasteiger partial charge >= 0.3 is 12.1 Å². The molecule has 25 heavy (non-hydrogen) atoms. The summed E-state index contributed by atoms with van der Waals surface area (Å²) in [5.74, 6) is -0.517. The molecule has 0 heterocycles. The van der Waals surface area contributed by atoms with Gasteiger partial charge in [0.25, 0.3) is 0 Å². The van der Waals surface area contributed by atoms with Crippen molar-refractivity contribution in [2.75, 3.05) is 33.1 Å². The zero-order valence-electron chi connectivity index (χ0n) is 15.2. The van der Waals surface area contributed by atoms with Crippen LogP contribution in [0.25, 0.3) is 0 Å². The van der Waals surface area contributed by atoms with Crippen molar-refractivity contribution in [3.8, 4) is 0 Å². The Balaban J connectivity index is 2.47. The second-order valence-corrected chi connectivity index (χ2v) is 6.86. The zero-order valence-corrected chi connectivity index (χ0v) is 16.1. The molecule has 1 atom stereocenters. The van der Waals surface area contributed by atoms with Gasteiger partial charge in [-0.1, -0.05) is 18.2 Å². The predicted molar refractivity (Wildman–Crippen MR) is 96.4 cm³/mol. The van der Waals surface area contributed by atoms with Crippen molar-refractivity contribution in [3.63, 3.8) is 0 Å². The Labute approximate surface area is 150 Å². The van der Waals surface area contributed by atoms with Crippen LogP contribution in [0.15, 0.2) is 23.8 Å². The van der Waals surface area contributed by atoms with Crippen LogP contribution in [0.2, 0.25) is 0 Å². The monoisotopic (exact) mass is 373 g/mol. The molecular formula is C17H28NO6P. The Morgan fingerprint density at radius 1 is 1.24 bits per heavy atom. The quantitative estimate of drug-likeness (QED) is 0.442. The minimum Gasteiger partial charge on any atom is -0.467 e. The summed E-state index contributed by atoms with van der Waals surface area (Å²) in [6.45, 7) is 5.02. The lowest BCUT2D eigenvalue weighted by Crippen LogP contribution is -2.42. The highest BCUT2D eigenvalue weighted by Crippen LogP contribution is 2.38. The first-order valence-electron chi connectivity index (χ1n) is 8.50. The minimum atomic E-state index is -1.08. The zero-order chi connectivity index (χ0) is 18.5. The van der Waals surface area contributed by atoms with Crippen molar-refractivity contribution in [2.24, 2.45) is 0 Å². The van der Waals surface area contributed by atoms with E-state index in [2.05, 4.69) is 5.32 Å². The Morgan fingerprint density at radius 2 is 1.96 bits per heavy atom. The Morgan fingerprint density at radius 3 is 2.52 bits per heavy atom. The summed E-state index contributed by atoms with van der Waals surface area (Å²) < 4.78 is 20.9. The average Bonchev–Trinajstić information content (AvgIpc) is 2.63. The number of amides is 1. The van der Waals surface area contributed by atoms with E-state index in [0.717, 1.165) is 18.4 Å². The smallest absolute Gasteiger partial charge is 0.408 e. The molecule has 1 aliphatic rings. The molecule has 0 aromatic heterocycles. The lowest BCUT2D eigenvalue weighted by atomic mass is 10.1. The van der Waals surface area contributed by atoms with Gasteiger partial charge in [-0.05, 0) is 38.7 Å². The van der Waals surface area contributed by atoms with Crippen LogP contribution in [-0.2, 0) is 23.3 Å². The van der Waals surface area contributed by atoms with Crippen LogP contribution in [-0.4, -0.2) is 51.2 Å². The summed E-state index contributed by atoms with van der Waals surface area (Å²) in [4.78, 5) is 23.9. The van der Waals surface area contributed by atoms with E-state index < -0.39 is 26.5 Å². The van der Waals surface area contributed by atoms with Gasteiger partial charge < -0.3 is 23.8 Å². The molecular weight excluding hydrogens is 345 g/mol. The highest BCUT2D eigenvalue weighted by Gasteiger charge is 2.24. The van der Waals surface area contributed by atoms with E-state index in [-0.39, 0.29) is 6.61 Å². The maximum atomic E-state index is 12.0. The molecule has 0 aromatic carbocycles. The molecule has 0 spiro atoms. The van der Waals surface area contributed by atoms with Crippen molar-refractivity contribution in [1.29, 1.82) is 0 Å². The van der Waals surface area contributed by atoms with Crippen LogP contribution in [0.1, 0.15) is 33.1 Å². The van der Waals surface area contributed by atoms with Crippen LogP contribution >= 0.6 is 8.38 Å². The maximum Gasteiger partial charge on any atom is 0.408 e. The van der Waals surface area contributed by atoms with Gasteiger partial charge in [-0.25, -0.2) is 9.59 Å². The van der Waals surface area contributed by atoms with Crippen molar-refractivity contribution in [1.82, 2.24) is 5.32 Å². The van der Waals surface area contributed by atoms with E-state index in [4.69, 9.17) is 18.5 Å². The molecule has 1 amide bonds. The Kier molecular flexibility index (Phi) is 11.1. The molecule has 1 N–H and O–H groups in total. The van der Waals surface area contributed by atoms with Gasteiger partial charge in [-0.3, -0.25) is 0 Å². The van der Waals surface area contributed by atoms with Crippen LogP contribution in [0.5, 0.6) is 0 Å². The van der Waals surface area contributed by atoms with E-state index in [1.165, 1.54) is 7.11 Å². The van der Waals surface area contributed by atoms with Crippen LogP contribution in [0.3, 0.4) is 0 Å². The molecule has 8 heteroatoms. The normalized spacial score (nSPS) is 14.8. The van der Waals surface area contributed by atoms with Crippen LogP contribution in [0.4, 0.5) is 4.79 Å². The molecule has 0 bridgehead atoms. The summed E-state index contributed by atoms with van der Waals surface area (Å²) in [5.41, 5.74) is 0.951. The largest absolute Gasteiger partial charge is 0.467 e. The number of carbonyl (C=O) groups is 2. The van der Waals surface area contributed by atoms with Crippen molar-refractivity contribution >= 4 is 20.4 Å². The molecule has 1 aliphatic carbocycles. The second kappa shape index (κ2) is 12.9. The molecule has 0 saturated carbocycles. The maximum absolute atomic E-state index is 12.0. The topological polar surface area (TPSA) is 83.1 Å². The van der Waals surface area contributed by atoms with Crippen molar-refractivity contribution in [3.05, 3.63) is 23.8 Å². The first-order chi connectivity index (χ1) is 12.1. The first-order valence-corrected chi connectivity index (χ1v) is 9.87. The van der Waals surface area contributed by atoms with E-state index in [1.807, 2.05) is 32.1 Å². The van der Waals surface area contributed by atoms with Crippen molar-refractivity contribution in [2.45, 2.75) is 39.2 Å². The predicted octanol–water partition coefficient (Wildman–Crippen LogP) is 3.31. The number of hydrogen-bond acceptors (Lipinski definition) is 6. The number of nitrogens with one attached hydrogen (secondary N) is 1. The van der Waals surface area contributed by atoms with Gasteiger partial charge in [-0.15, -0.1) is 0 Å². The third kappa shape index (κ3) is 9.00.